The summed E-state index contributed by atoms with van der Waals surface area (Å²) in [6, 6.07) is 13.6. The van der Waals surface area contributed by atoms with E-state index in [2.05, 4.69) is 15.8 Å². The van der Waals surface area contributed by atoms with E-state index < -0.39 is 9.84 Å². The van der Waals surface area contributed by atoms with Crippen molar-refractivity contribution in [2.24, 2.45) is 5.10 Å². The van der Waals surface area contributed by atoms with Crippen molar-refractivity contribution >= 4 is 27.1 Å². The topological polar surface area (TPSA) is 96.9 Å². The Morgan fingerprint density at radius 2 is 1.85 bits per heavy atom. The summed E-state index contributed by atoms with van der Waals surface area (Å²) < 4.78 is 28.0. The molecule has 1 amide bonds. The molecule has 0 bridgehead atoms. The summed E-state index contributed by atoms with van der Waals surface area (Å²) in [6.45, 7) is 1.78. The predicted octanol–water partition coefficient (Wildman–Crippen LogP) is 2.05. The monoisotopic (exact) mass is 375 g/mol. The van der Waals surface area contributed by atoms with Gasteiger partial charge in [0.15, 0.2) is 9.84 Å². The number of sulfone groups is 1. The summed E-state index contributed by atoms with van der Waals surface area (Å²) >= 11 is 0. The molecule has 0 heterocycles. The smallest absolute Gasteiger partial charge is 0.259 e. The van der Waals surface area contributed by atoms with Crippen molar-refractivity contribution in [2.45, 2.75) is 11.8 Å². The van der Waals surface area contributed by atoms with Crippen molar-refractivity contribution in [3.8, 4) is 5.75 Å². The lowest BCUT2D eigenvalue weighted by molar-refractivity contribution is -0.119. The van der Waals surface area contributed by atoms with Gasteiger partial charge in [-0.25, -0.2) is 13.8 Å². The fourth-order valence-corrected chi connectivity index (χ4v) is 2.74. The third-order valence-electron chi connectivity index (χ3n) is 3.57. The lowest BCUT2D eigenvalue weighted by Crippen LogP contribution is -2.26. The zero-order valence-corrected chi connectivity index (χ0v) is 15.6. The number of anilines is 1. The SMILES string of the molecule is COc1cccc(NCC(=O)N/N=C(/C)c2ccc(S(C)(=O)=O)cc2)c1. The van der Waals surface area contributed by atoms with Gasteiger partial charge in [0.05, 0.1) is 24.3 Å². The number of rotatable bonds is 7. The fraction of sp³-hybridized carbons (Fsp3) is 0.222. The van der Waals surface area contributed by atoms with Gasteiger partial charge >= 0.3 is 0 Å². The lowest BCUT2D eigenvalue weighted by Gasteiger charge is -2.08. The van der Waals surface area contributed by atoms with Gasteiger partial charge in [-0.3, -0.25) is 4.79 Å². The Morgan fingerprint density at radius 1 is 1.15 bits per heavy atom. The van der Waals surface area contributed by atoms with Crippen LogP contribution in [0.5, 0.6) is 5.75 Å². The number of hydrazone groups is 1. The summed E-state index contributed by atoms with van der Waals surface area (Å²) in [7, 11) is -1.66. The lowest BCUT2D eigenvalue weighted by atomic mass is 10.1. The van der Waals surface area contributed by atoms with Crippen molar-refractivity contribution in [2.75, 3.05) is 25.2 Å². The molecule has 0 spiro atoms. The molecule has 0 aliphatic carbocycles. The normalized spacial score (nSPS) is 11.7. The molecule has 0 radical (unpaired) electrons. The number of hydrogen-bond acceptors (Lipinski definition) is 6. The second-order valence-corrected chi connectivity index (χ2v) is 7.63. The van der Waals surface area contributed by atoms with Crippen LogP contribution in [-0.4, -0.2) is 39.9 Å². The van der Waals surface area contributed by atoms with Gasteiger partial charge in [-0.05, 0) is 36.8 Å². The highest BCUT2D eigenvalue weighted by molar-refractivity contribution is 7.90. The van der Waals surface area contributed by atoms with Gasteiger partial charge in [-0.1, -0.05) is 18.2 Å². The molecule has 0 aliphatic rings. The second kappa shape index (κ2) is 8.48. The molecule has 2 N–H and O–H groups in total. The number of amides is 1. The van der Waals surface area contributed by atoms with E-state index in [1.807, 2.05) is 18.2 Å². The zero-order valence-electron chi connectivity index (χ0n) is 14.8. The second-order valence-electron chi connectivity index (χ2n) is 5.61. The average Bonchev–Trinajstić information content (AvgIpc) is 2.64. The first-order chi connectivity index (χ1) is 12.3. The largest absolute Gasteiger partial charge is 0.497 e. The molecule has 0 saturated heterocycles. The molecule has 0 aromatic heterocycles. The van der Waals surface area contributed by atoms with E-state index in [4.69, 9.17) is 4.74 Å². The third kappa shape index (κ3) is 5.59. The first-order valence-corrected chi connectivity index (χ1v) is 9.70. The number of nitrogens with zero attached hydrogens (tertiary/aromatic N) is 1. The van der Waals surface area contributed by atoms with Crippen molar-refractivity contribution < 1.29 is 17.9 Å². The van der Waals surface area contributed by atoms with Gasteiger partial charge in [0.25, 0.3) is 5.91 Å². The number of nitrogens with one attached hydrogen (secondary N) is 2. The first-order valence-electron chi connectivity index (χ1n) is 7.81. The van der Waals surface area contributed by atoms with Crippen LogP contribution in [0.4, 0.5) is 5.69 Å². The minimum atomic E-state index is -3.24. The minimum absolute atomic E-state index is 0.0525. The maximum absolute atomic E-state index is 11.9. The van der Waals surface area contributed by atoms with Crippen LogP contribution in [0.15, 0.2) is 58.5 Å². The Balaban J connectivity index is 1.92. The molecule has 8 heteroatoms. The molecule has 7 nitrogen and oxygen atoms in total. The summed E-state index contributed by atoms with van der Waals surface area (Å²) in [5.41, 5.74) is 4.51. The quantitative estimate of drug-likeness (QED) is 0.570. The number of hydrogen-bond donors (Lipinski definition) is 2. The predicted molar refractivity (Wildman–Crippen MR) is 101 cm³/mol. The summed E-state index contributed by atoms with van der Waals surface area (Å²) in [6.07, 6.45) is 1.15. The van der Waals surface area contributed by atoms with Gasteiger partial charge in [-0.2, -0.15) is 5.10 Å². The first kappa shape index (κ1) is 19.5. The number of carbonyl (C=O) groups excluding carboxylic acids is 1. The van der Waals surface area contributed by atoms with E-state index in [1.54, 1.807) is 32.2 Å². The molecule has 0 saturated carbocycles. The number of benzene rings is 2. The van der Waals surface area contributed by atoms with Crippen molar-refractivity contribution in [1.29, 1.82) is 0 Å². The number of carbonyl (C=O) groups is 1. The van der Waals surface area contributed by atoms with Gasteiger partial charge in [0.2, 0.25) is 0 Å². The molecule has 138 valence electrons. The number of ether oxygens (including phenoxy) is 1. The van der Waals surface area contributed by atoms with Crippen LogP contribution in [0.2, 0.25) is 0 Å². The van der Waals surface area contributed by atoms with E-state index in [9.17, 15) is 13.2 Å². The molecule has 2 aromatic rings. The van der Waals surface area contributed by atoms with Gasteiger partial charge in [0, 0.05) is 18.0 Å². The Morgan fingerprint density at radius 3 is 2.46 bits per heavy atom. The highest BCUT2D eigenvalue weighted by Gasteiger charge is 2.07. The van der Waals surface area contributed by atoms with E-state index in [0.717, 1.165) is 17.5 Å². The van der Waals surface area contributed by atoms with Crippen molar-refractivity contribution in [3.05, 3.63) is 54.1 Å². The molecular formula is C18H21N3O4S. The van der Waals surface area contributed by atoms with Gasteiger partial charge in [0.1, 0.15) is 5.75 Å². The fourth-order valence-electron chi connectivity index (χ4n) is 2.11. The van der Waals surface area contributed by atoms with Crippen LogP contribution in [0.25, 0.3) is 0 Å². The number of methoxy groups -OCH3 is 1. The van der Waals surface area contributed by atoms with Crippen molar-refractivity contribution in [1.82, 2.24) is 5.43 Å². The Kier molecular flexibility index (Phi) is 6.35. The highest BCUT2D eigenvalue weighted by atomic mass is 32.2. The van der Waals surface area contributed by atoms with Crippen LogP contribution in [0, 0.1) is 0 Å². The van der Waals surface area contributed by atoms with Crippen LogP contribution in [0.1, 0.15) is 12.5 Å². The zero-order chi connectivity index (χ0) is 19.2. The summed E-state index contributed by atoms with van der Waals surface area (Å²) in [5.74, 6) is 0.390. The van der Waals surface area contributed by atoms with E-state index in [-0.39, 0.29) is 17.3 Å². The van der Waals surface area contributed by atoms with Crippen LogP contribution < -0.4 is 15.5 Å². The maximum Gasteiger partial charge on any atom is 0.259 e. The van der Waals surface area contributed by atoms with Crippen LogP contribution >= 0.6 is 0 Å². The Bertz CT molecular complexity index is 906. The minimum Gasteiger partial charge on any atom is -0.497 e. The molecule has 0 atom stereocenters. The molecule has 2 aromatic carbocycles. The Labute approximate surface area is 153 Å². The van der Waals surface area contributed by atoms with E-state index in [0.29, 0.717) is 11.5 Å². The molecule has 0 aliphatic heterocycles. The van der Waals surface area contributed by atoms with Crippen molar-refractivity contribution in [3.63, 3.8) is 0 Å². The summed E-state index contributed by atoms with van der Waals surface area (Å²) in [4.78, 5) is 12.1. The van der Waals surface area contributed by atoms with Crippen LogP contribution in [0.3, 0.4) is 0 Å². The van der Waals surface area contributed by atoms with E-state index in [1.165, 1.54) is 12.1 Å². The van der Waals surface area contributed by atoms with Crippen LogP contribution in [-0.2, 0) is 14.6 Å². The van der Waals surface area contributed by atoms with Gasteiger partial charge < -0.3 is 10.1 Å². The molecule has 2 rings (SSSR count). The molecular weight excluding hydrogens is 354 g/mol. The average molecular weight is 375 g/mol. The molecule has 0 fully saturated rings. The summed E-state index contributed by atoms with van der Waals surface area (Å²) in [5, 5.41) is 7.01. The Hall–Kier alpha value is -2.87. The highest BCUT2D eigenvalue weighted by Crippen LogP contribution is 2.16. The van der Waals surface area contributed by atoms with Gasteiger partial charge in [-0.15, -0.1) is 0 Å². The maximum atomic E-state index is 11.9. The van der Waals surface area contributed by atoms with E-state index >= 15 is 0 Å². The molecule has 26 heavy (non-hydrogen) atoms. The third-order valence-corrected chi connectivity index (χ3v) is 4.70. The standard InChI is InChI=1S/C18H21N3O4S/c1-13(14-7-9-17(10-8-14)26(3,23)24)20-21-18(22)12-19-15-5-4-6-16(11-15)25-2/h4-11,19H,12H2,1-3H3,(H,21,22)/b20-13-. The molecule has 0 unspecified atom stereocenters.